The van der Waals surface area contributed by atoms with E-state index in [9.17, 15) is 4.79 Å². The fraction of sp³-hybridized carbons (Fsp3) is 0.857. The lowest BCUT2D eigenvalue weighted by molar-refractivity contribution is -0.121. The fourth-order valence-corrected chi connectivity index (χ4v) is 2.26. The van der Waals surface area contributed by atoms with Gasteiger partial charge in [0.2, 0.25) is 0 Å². The number of amides is 1. The van der Waals surface area contributed by atoms with Crippen LogP contribution in [0.2, 0.25) is 0 Å². The first-order valence-corrected chi connectivity index (χ1v) is 3.53. The van der Waals surface area contributed by atoms with Crippen molar-refractivity contribution in [2.45, 2.75) is 37.8 Å². The van der Waals surface area contributed by atoms with E-state index in [1.807, 2.05) is 6.92 Å². The molecule has 3 rings (SSSR count). The number of carbonyl (C=O) groups excluding carboxylic acids is 1. The van der Waals surface area contributed by atoms with Crippen molar-refractivity contribution < 1.29 is 9.53 Å². The fourth-order valence-electron chi connectivity index (χ4n) is 2.26. The van der Waals surface area contributed by atoms with Gasteiger partial charge in [0.05, 0.1) is 0 Å². The smallest absolute Gasteiger partial charge is 0.408 e. The van der Waals surface area contributed by atoms with Gasteiger partial charge in [0, 0.05) is 18.4 Å². The normalized spacial score (nSPS) is 50.8. The Labute approximate surface area is 59.7 Å². The summed E-state index contributed by atoms with van der Waals surface area (Å²) in [5.41, 5.74) is -0.124. The van der Waals surface area contributed by atoms with Gasteiger partial charge in [-0.25, -0.2) is 4.79 Å². The quantitative estimate of drug-likeness (QED) is 0.547. The van der Waals surface area contributed by atoms with Crippen molar-refractivity contribution in [3.05, 3.63) is 0 Å². The van der Waals surface area contributed by atoms with Crippen LogP contribution in [0.15, 0.2) is 0 Å². The standard InChI is InChI=1S/C7H11NO2/c1-6-3-7(2,4-6)10-5(9)8-6/h3-4H2,1-2H3,(H,8,9). The van der Waals surface area contributed by atoms with E-state index < -0.39 is 0 Å². The summed E-state index contributed by atoms with van der Waals surface area (Å²) in [6.45, 7) is 4.03. The summed E-state index contributed by atoms with van der Waals surface area (Å²) in [6.07, 6.45) is 1.64. The summed E-state index contributed by atoms with van der Waals surface area (Å²) in [7, 11) is 0. The lowest BCUT2D eigenvalue weighted by Gasteiger charge is -2.56. The van der Waals surface area contributed by atoms with Gasteiger partial charge < -0.3 is 10.1 Å². The van der Waals surface area contributed by atoms with Gasteiger partial charge in [0.15, 0.2) is 0 Å². The SMILES string of the molecule is CC12CC(C)(C1)OC(=O)N2. The zero-order valence-electron chi connectivity index (χ0n) is 6.23. The van der Waals surface area contributed by atoms with Gasteiger partial charge in [-0.05, 0) is 13.8 Å². The number of hydrogen-bond donors (Lipinski definition) is 1. The predicted molar refractivity (Wildman–Crippen MR) is 35.7 cm³/mol. The Morgan fingerprint density at radius 3 is 2.50 bits per heavy atom. The molecular formula is C7H11NO2. The van der Waals surface area contributed by atoms with Gasteiger partial charge in [-0.1, -0.05) is 0 Å². The Morgan fingerprint density at radius 2 is 2.10 bits per heavy atom. The van der Waals surface area contributed by atoms with Crippen LogP contribution in [0.4, 0.5) is 4.79 Å². The van der Waals surface area contributed by atoms with E-state index in [-0.39, 0.29) is 17.2 Å². The molecule has 0 aromatic carbocycles. The molecule has 0 aromatic heterocycles. The second-order valence-electron chi connectivity index (χ2n) is 3.88. The number of ether oxygens (including phenoxy) is 1. The predicted octanol–water partition coefficient (Wildman–Crippen LogP) is 1.04. The molecule has 0 atom stereocenters. The third-order valence-corrected chi connectivity index (χ3v) is 2.27. The number of rotatable bonds is 0. The van der Waals surface area contributed by atoms with Crippen molar-refractivity contribution >= 4 is 6.09 Å². The molecule has 2 aliphatic heterocycles. The minimum absolute atomic E-state index is 0.0318. The minimum Gasteiger partial charge on any atom is -0.443 e. The van der Waals surface area contributed by atoms with E-state index >= 15 is 0 Å². The summed E-state index contributed by atoms with van der Waals surface area (Å²) in [5, 5.41) is 2.79. The molecule has 1 amide bonds. The van der Waals surface area contributed by atoms with Crippen LogP contribution < -0.4 is 5.32 Å². The monoisotopic (exact) mass is 141 g/mol. The molecule has 0 radical (unpaired) electrons. The van der Waals surface area contributed by atoms with Crippen molar-refractivity contribution in [3.63, 3.8) is 0 Å². The van der Waals surface area contributed by atoms with Gasteiger partial charge in [-0.2, -0.15) is 0 Å². The average molecular weight is 141 g/mol. The largest absolute Gasteiger partial charge is 0.443 e. The molecule has 0 unspecified atom stereocenters. The lowest BCUT2D eigenvalue weighted by Crippen LogP contribution is -2.69. The van der Waals surface area contributed by atoms with Gasteiger partial charge in [-0.3, -0.25) is 0 Å². The minimum atomic E-state index is -0.262. The third kappa shape index (κ3) is 0.632. The highest BCUT2D eigenvalue weighted by molar-refractivity contribution is 5.71. The molecule has 2 bridgehead atoms. The molecule has 0 spiro atoms. The highest BCUT2D eigenvalue weighted by Crippen LogP contribution is 2.46. The molecule has 0 aromatic rings. The van der Waals surface area contributed by atoms with Crippen LogP contribution in [0.5, 0.6) is 0 Å². The number of hydrogen-bond acceptors (Lipinski definition) is 2. The molecule has 3 aliphatic rings. The summed E-state index contributed by atoms with van der Waals surface area (Å²) < 4.78 is 5.05. The molecule has 3 nitrogen and oxygen atoms in total. The summed E-state index contributed by atoms with van der Waals surface area (Å²) in [4.78, 5) is 10.8. The zero-order valence-corrected chi connectivity index (χ0v) is 6.23. The summed E-state index contributed by atoms with van der Waals surface area (Å²) >= 11 is 0. The van der Waals surface area contributed by atoms with Crippen molar-refractivity contribution in [1.82, 2.24) is 5.32 Å². The van der Waals surface area contributed by atoms with Crippen LogP contribution >= 0.6 is 0 Å². The van der Waals surface area contributed by atoms with Gasteiger partial charge in [0.1, 0.15) is 5.60 Å². The first-order valence-electron chi connectivity index (χ1n) is 3.53. The third-order valence-electron chi connectivity index (χ3n) is 2.27. The second kappa shape index (κ2) is 1.31. The van der Waals surface area contributed by atoms with Crippen LogP contribution in [0.3, 0.4) is 0 Å². The van der Waals surface area contributed by atoms with Crippen molar-refractivity contribution in [2.75, 3.05) is 0 Å². The van der Waals surface area contributed by atoms with Gasteiger partial charge >= 0.3 is 6.09 Å². The van der Waals surface area contributed by atoms with Crippen molar-refractivity contribution in [2.24, 2.45) is 0 Å². The molecular weight excluding hydrogens is 130 g/mol. The Balaban J connectivity index is 2.20. The molecule has 1 saturated carbocycles. The van der Waals surface area contributed by atoms with Crippen LogP contribution in [-0.2, 0) is 4.74 Å². The second-order valence-corrected chi connectivity index (χ2v) is 3.88. The highest BCUT2D eigenvalue weighted by atomic mass is 16.6. The number of carbonyl (C=O) groups is 1. The maximum Gasteiger partial charge on any atom is 0.408 e. The Bertz CT molecular complexity index is 176. The molecule has 56 valence electrons. The van der Waals surface area contributed by atoms with E-state index in [1.54, 1.807) is 0 Å². The first-order chi connectivity index (χ1) is 4.52. The van der Waals surface area contributed by atoms with E-state index in [0.717, 1.165) is 12.8 Å². The van der Waals surface area contributed by atoms with Crippen molar-refractivity contribution in [3.8, 4) is 0 Å². The number of nitrogens with one attached hydrogen (secondary N) is 1. The number of alkyl carbamates (subject to hydrolysis) is 1. The molecule has 3 fully saturated rings. The van der Waals surface area contributed by atoms with Crippen LogP contribution in [0.25, 0.3) is 0 Å². The zero-order chi connectivity index (χ0) is 7.41. The molecule has 2 saturated heterocycles. The Morgan fingerprint density at radius 1 is 1.50 bits per heavy atom. The molecule has 10 heavy (non-hydrogen) atoms. The molecule has 1 N–H and O–H groups in total. The summed E-state index contributed by atoms with van der Waals surface area (Å²) in [6, 6.07) is 0. The Kier molecular flexibility index (Phi) is 0.787. The molecule has 2 heterocycles. The van der Waals surface area contributed by atoms with E-state index in [4.69, 9.17) is 4.74 Å². The lowest BCUT2D eigenvalue weighted by atomic mass is 9.66. The number of fused-ring (bicyclic) bond motifs is 2. The topological polar surface area (TPSA) is 38.3 Å². The maximum atomic E-state index is 10.8. The van der Waals surface area contributed by atoms with Crippen LogP contribution in [0, 0.1) is 0 Å². The Hall–Kier alpha value is -0.730. The molecule has 3 heteroatoms. The average Bonchev–Trinajstić information content (AvgIpc) is 1.53. The first kappa shape index (κ1) is 6.01. The van der Waals surface area contributed by atoms with Crippen LogP contribution in [-0.4, -0.2) is 17.2 Å². The van der Waals surface area contributed by atoms with E-state index in [0.29, 0.717) is 0 Å². The maximum absolute atomic E-state index is 10.8. The van der Waals surface area contributed by atoms with Crippen LogP contribution in [0.1, 0.15) is 26.7 Å². The van der Waals surface area contributed by atoms with Gasteiger partial charge in [-0.15, -0.1) is 0 Å². The molecule has 1 aliphatic carbocycles. The van der Waals surface area contributed by atoms with Gasteiger partial charge in [0.25, 0.3) is 0 Å². The van der Waals surface area contributed by atoms with E-state index in [2.05, 4.69) is 12.2 Å². The highest BCUT2D eigenvalue weighted by Gasteiger charge is 2.56. The van der Waals surface area contributed by atoms with Crippen molar-refractivity contribution in [1.29, 1.82) is 0 Å². The van der Waals surface area contributed by atoms with E-state index in [1.165, 1.54) is 0 Å². The summed E-state index contributed by atoms with van der Waals surface area (Å²) in [5.74, 6) is 0.